The number of piperidine rings is 1. The van der Waals surface area contributed by atoms with Gasteiger partial charge in [0.05, 0.1) is 5.52 Å². The number of aromatic nitrogens is 3. The molecule has 1 aliphatic carbocycles. The molecule has 36 heavy (non-hydrogen) atoms. The first kappa shape index (κ1) is 25.9. The Morgan fingerprint density at radius 1 is 1.08 bits per heavy atom. The molecule has 0 atom stereocenters. The van der Waals surface area contributed by atoms with E-state index in [9.17, 15) is 14.0 Å². The summed E-state index contributed by atoms with van der Waals surface area (Å²) >= 11 is 0. The molecule has 8 heteroatoms. The quantitative estimate of drug-likeness (QED) is 0.519. The predicted molar refractivity (Wildman–Crippen MR) is 139 cm³/mol. The maximum Gasteiger partial charge on any atom is 0.269 e. The lowest BCUT2D eigenvalue weighted by atomic mass is 9.83. The first-order chi connectivity index (χ1) is 17.4. The van der Waals surface area contributed by atoms with Crippen LogP contribution >= 0.6 is 0 Å². The lowest BCUT2D eigenvalue weighted by molar-refractivity contribution is -0.132. The van der Waals surface area contributed by atoms with Crippen molar-refractivity contribution in [2.45, 2.75) is 70.3 Å². The first-order valence-electron chi connectivity index (χ1n) is 13.2. The minimum atomic E-state index is -0.289. The molecular weight excluding hydrogens is 457 g/mol. The molecule has 1 N–H and O–H groups in total. The number of amides is 2. The van der Waals surface area contributed by atoms with Gasteiger partial charge in [-0.25, -0.2) is 4.39 Å². The second-order valence-electron chi connectivity index (χ2n) is 10.1. The number of H-pyrrole nitrogens is 1. The van der Waals surface area contributed by atoms with E-state index < -0.39 is 0 Å². The van der Waals surface area contributed by atoms with Gasteiger partial charge in [0.25, 0.3) is 5.91 Å². The van der Waals surface area contributed by atoms with E-state index >= 15 is 0 Å². The summed E-state index contributed by atoms with van der Waals surface area (Å²) in [5.74, 6) is 0.340. The van der Waals surface area contributed by atoms with Gasteiger partial charge in [0.15, 0.2) is 0 Å². The number of aromatic amines is 1. The van der Waals surface area contributed by atoms with Gasteiger partial charge >= 0.3 is 0 Å². The topological polar surface area (TPSA) is 74.2 Å². The Hall–Kier alpha value is -3.16. The highest BCUT2D eigenvalue weighted by Crippen LogP contribution is 2.37. The molecule has 1 aromatic carbocycles. The highest BCUT2D eigenvalue weighted by molar-refractivity contribution is 5.99. The number of likely N-dealkylation sites (tertiary alicyclic amines) is 1. The van der Waals surface area contributed by atoms with Crippen LogP contribution in [0.2, 0.25) is 0 Å². The van der Waals surface area contributed by atoms with Gasteiger partial charge in [-0.3, -0.25) is 14.3 Å². The third-order valence-corrected chi connectivity index (χ3v) is 7.28. The standard InChI is InChI=1S/C17H21FN2O.C11H17N3O/c1-20(2)17(21)15-10-13-12(11-6-4-3-5-7-11)8-9-14(18)16(13)19-15;15-11(13-7-2-1-3-8-13)5-10-14-9-4-6-12-14/h8-11,19H,3-7H2,1-2H3;4,6,9H,1-3,5,7-8,10H2. The molecule has 5 rings (SSSR count). The maximum atomic E-state index is 14.1. The highest BCUT2D eigenvalue weighted by atomic mass is 19.1. The molecule has 1 saturated heterocycles. The number of fused-ring (bicyclic) bond motifs is 1. The summed E-state index contributed by atoms with van der Waals surface area (Å²) in [4.78, 5) is 30.3. The summed E-state index contributed by atoms with van der Waals surface area (Å²) < 4.78 is 15.9. The molecule has 1 saturated carbocycles. The van der Waals surface area contributed by atoms with E-state index in [-0.39, 0.29) is 17.6 Å². The molecule has 1 aliphatic heterocycles. The van der Waals surface area contributed by atoms with E-state index in [2.05, 4.69) is 10.1 Å². The van der Waals surface area contributed by atoms with Gasteiger partial charge in [0.2, 0.25) is 5.91 Å². The van der Waals surface area contributed by atoms with Crippen molar-refractivity contribution in [3.05, 3.63) is 53.7 Å². The minimum absolute atomic E-state index is 0.125. The van der Waals surface area contributed by atoms with E-state index in [1.165, 1.54) is 42.2 Å². The fourth-order valence-corrected chi connectivity index (χ4v) is 5.28. The van der Waals surface area contributed by atoms with Crippen LogP contribution in [0.1, 0.15) is 79.8 Å². The Kier molecular flexibility index (Phi) is 8.78. The van der Waals surface area contributed by atoms with Crippen LogP contribution < -0.4 is 0 Å². The van der Waals surface area contributed by atoms with Gasteiger partial charge in [0, 0.05) is 57.9 Å². The number of nitrogens with zero attached hydrogens (tertiary/aromatic N) is 4. The Balaban J connectivity index is 0.000000179. The molecule has 3 heterocycles. The Bertz CT molecular complexity index is 1140. The summed E-state index contributed by atoms with van der Waals surface area (Å²) in [6.07, 6.45) is 13.9. The number of rotatable bonds is 5. The Morgan fingerprint density at radius 2 is 1.81 bits per heavy atom. The number of hydrogen-bond acceptors (Lipinski definition) is 3. The van der Waals surface area contributed by atoms with Crippen molar-refractivity contribution in [3.63, 3.8) is 0 Å². The summed E-state index contributed by atoms with van der Waals surface area (Å²) in [7, 11) is 3.40. The van der Waals surface area contributed by atoms with Crippen molar-refractivity contribution in [2.24, 2.45) is 0 Å². The van der Waals surface area contributed by atoms with Crippen molar-refractivity contribution in [1.29, 1.82) is 0 Å². The van der Waals surface area contributed by atoms with Crippen LogP contribution in [-0.4, -0.2) is 63.6 Å². The molecule has 0 radical (unpaired) electrons. The monoisotopic (exact) mass is 495 g/mol. The molecule has 2 fully saturated rings. The summed E-state index contributed by atoms with van der Waals surface area (Å²) in [6.45, 7) is 2.58. The SMILES string of the molecule is CN(C)C(=O)c1cc2c(C3CCCCC3)ccc(F)c2[nH]1.O=C(CCn1cccn1)N1CCCCC1. The van der Waals surface area contributed by atoms with Crippen LogP contribution in [0.15, 0.2) is 36.7 Å². The molecule has 7 nitrogen and oxygen atoms in total. The van der Waals surface area contributed by atoms with Gasteiger partial charge in [0.1, 0.15) is 11.5 Å². The molecule has 0 unspecified atom stereocenters. The third kappa shape index (κ3) is 6.33. The lowest BCUT2D eigenvalue weighted by Crippen LogP contribution is -2.36. The fraction of sp³-hybridized carbons (Fsp3) is 0.536. The van der Waals surface area contributed by atoms with Crippen molar-refractivity contribution >= 4 is 22.7 Å². The summed E-state index contributed by atoms with van der Waals surface area (Å²) in [5.41, 5.74) is 2.10. The smallest absolute Gasteiger partial charge is 0.269 e. The average Bonchev–Trinajstić information content (AvgIpc) is 3.59. The van der Waals surface area contributed by atoms with Crippen molar-refractivity contribution in [2.75, 3.05) is 27.2 Å². The summed E-state index contributed by atoms with van der Waals surface area (Å²) in [5, 5.41) is 4.95. The minimum Gasteiger partial charge on any atom is -0.348 e. The van der Waals surface area contributed by atoms with Crippen molar-refractivity contribution < 1.29 is 14.0 Å². The number of nitrogens with one attached hydrogen (secondary N) is 1. The molecule has 2 aliphatic rings. The van der Waals surface area contributed by atoms with Crippen LogP contribution in [0.4, 0.5) is 4.39 Å². The Morgan fingerprint density at radius 3 is 2.47 bits per heavy atom. The van der Waals surface area contributed by atoms with Gasteiger partial charge in [-0.15, -0.1) is 0 Å². The second-order valence-corrected chi connectivity index (χ2v) is 10.1. The highest BCUT2D eigenvalue weighted by Gasteiger charge is 2.22. The van der Waals surface area contributed by atoms with Crippen LogP contribution in [0.3, 0.4) is 0 Å². The molecule has 2 aromatic heterocycles. The normalized spacial score (nSPS) is 16.5. The fourth-order valence-electron chi connectivity index (χ4n) is 5.28. The molecule has 2 amide bonds. The number of benzene rings is 1. The average molecular weight is 496 g/mol. The van der Waals surface area contributed by atoms with E-state index in [0.717, 1.165) is 44.2 Å². The van der Waals surface area contributed by atoms with Crippen LogP contribution in [-0.2, 0) is 11.3 Å². The van der Waals surface area contributed by atoms with E-state index in [1.807, 2.05) is 34.0 Å². The molecule has 194 valence electrons. The van der Waals surface area contributed by atoms with Crippen molar-refractivity contribution in [3.8, 4) is 0 Å². The van der Waals surface area contributed by atoms with Gasteiger partial charge in [-0.1, -0.05) is 25.3 Å². The largest absolute Gasteiger partial charge is 0.348 e. The molecule has 0 bridgehead atoms. The molecule has 3 aromatic rings. The van der Waals surface area contributed by atoms with Gasteiger partial charge in [-0.2, -0.15) is 5.10 Å². The number of hydrogen-bond donors (Lipinski definition) is 1. The van der Waals surface area contributed by atoms with Crippen LogP contribution in [0.5, 0.6) is 0 Å². The van der Waals surface area contributed by atoms with Gasteiger partial charge in [-0.05, 0) is 61.8 Å². The predicted octanol–water partition coefficient (Wildman–Crippen LogP) is 5.34. The Labute approximate surface area is 212 Å². The van der Waals surface area contributed by atoms with E-state index in [0.29, 0.717) is 30.1 Å². The zero-order chi connectivity index (χ0) is 25.5. The number of aryl methyl sites for hydroxylation is 1. The number of carbonyl (C=O) groups is 2. The third-order valence-electron chi connectivity index (χ3n) is 7.28. The zero-order valence-corrected chi connectivity index (χ0v) is 21.5. The van der Waals surface area contributed by atoms with E-state index in [4.69, 9.17) is 0 Å². The van der Waals surface area contributed by atoms with E-state index in [1.54, 1.807) is 20.3 Å². The van der Waals surface area contributed by atoms with Gasteiger partial charge < -0.3 is 14.8 Å². The lowest BCUT2D eigenvalue weighted by Gasteiger charge is -2.26. The number of halogens is 1. The first-order valence-corrected chi connectivity index (χ1v) is 13.2. The van der Waals surface area contributed by atoms with Crippen LogP contribution in [0, 0.1) is 5.82 Å². The number of carbonyl (C=O) groups excluding carboxylic acids is 2. The molecular formula is C28H38FN5O2. The second kappa shape index (κ2) is 12.2. The summed E-state index contributed by atoms with van der Waals surface area (Å²) in [6, 6.07) is 7.11. The maximum absolute atomic E-state index is 14.1. The zero-order valence-electron chi connectivity index (χ0n) is 21.5. The van der Waals surface area contributed by atoms with Crippen molar-refractivity contribution in [1.82, 2.24) is 24.6 Å². The molecule has 0 spiro atoms. The van der Waals surface area contributed by atoms with Crippen LogP contribution in [0.25, 0.3) is 10.9 Å².